The Balaban J connectivity index is 2.18. The zero-order valence-corrected chi connectivity index (χ0v) is 10.7. The summed E-state index contributed by atoms with van der Waals surface area (Å²) >= 11 is 0. The quantitative estimate of drug-likeness (QED) is 0.674. The van der Waals surface area contributed by atoms with Crippen LogP contribution in [0.25, 0.3) is 0 Å². The van der Waals surface area contributed by atoms with E-state index in [0.717, 1.165) is 0 Å². The van der Waals surface area contributed by atoms with E-state index in [-0.39, 0.29) is 0 Å². The average Bonchev–Trinajstić information content (AvgIpc) is 2.63. The normalized spacial score (nSPS) is 19.7. The fourth-order valence-corrected chi connectivity index (χ4v) is 3.74. The van der Waals surface area contributed by atoms with Gasteiger partial charge >= 0.3 is 0 Å². The van der Waals surface area contributed by atoms with Crippen LogP contribution in [-0.4, -0.2) is 4.57 Å². The maximum Gasteiger partial charge on any atom is 0.0238 e. The first-order valence-corrected chi connectivity index (χ1v) is 7.02. The molecule has 3 rings (SSSR count). The Morgan fingerprint density at radius 3 is 2.31 bits per heavy atom. The van der Waals surface area contributed by atoms with Gasteiger partial charge in [-0.25, -0.2) is 0 Å². The molecular weight excluding hydrogens is 194 g/mol. The molecule has 2 heterocycles. The molecule has 1 heteroatoms. The average molecular weight is 217 g/mol. The van der Waals surface area contributed by atoms with E-state index in [4.69, 9.17) is 0 Å². The van der Waals surface area contributed by atoms with Gasteiger partial charge in [-0.15, -0.1) is 0 Å². The third-order valence-electron chi connectivity index (χ3n) is 4.33. The molecular formula is C15H23N. The molecule has 0 radical (unpaired) electrons. The molecule has 1 aliphatic carbocycles. The molecule has 0 spiro atoms. The lowest BCUT2D eigenvalue weighted by Crippen LogP contribution is -2.14. The zero-order chi connectivity index (χ0) is 11.1. The summed E-state index contributed by atoms with van der Waals surface area (Å²) in [4.78, 5) is 0. The summed E-state index contributed by atoms with van der Waals surface area (Å²) in [5.74, 6) is 0.707. The summed E-state index contributed by atoms with van der Waals surface area (Å²) in [5.41, 5.74) is 6.90. The van der Waals surface area contributed by atoms with Gasteiger partial charge in [-0.2, -0.15) is 0 Å². The summed E-state index contributed by atoms with van der Waals surface area (Å²) in [6.07, 6.45) is 9.68. The lowest BCUT2D eigenvalue weighted by molar-refractivity contribution is 0.506. The van der Waals surface area contributed by atoms with Gasteiger partial charge in [0.1, 0.15) is 0 Å². The highest BCUT2D eigenvalue weighted by molar-refractivity contribution is 5.42. The van der Waals surface area contributed by atoms with E-state index in [9.17, 15) is 0 Å². The molecule has 1 aliphatic heterocycles. The minimum atomic E-state index is 0.707. The molecule has 1 aromatic rings. The van der Waals surface area contributed by atoms with Crippen LogP contribution in [0.5, 0.6) is 0 Å². The van der Waals surface area contributed by atoms with E-state index in [1.165, 1.54) is 51.5 Å². The van der Waals surface area contributed by atoms with Crippen molar-refractivity contribution in [1.82, 2.24) is 4.57 Å². The Kier molecular flexibility index (Phi) is 2.57. The highest BCUT2D eigenvalue weighted by Gasteiger charge is 2.26. The van der Waals surface area contributed by atoms with Gasteiger partial charge in [0.25, 0.3) is 0 Å². The Morgan fingerprint density at radius 1 is 0.875 bits per heavy atom. The molecule has 0 bridgehead atoms. The monoisotopic (exact) mass is 217 g/mol. The van der Waals surface area contributed by atoms with Gasteiger partial charge in [0, 0.05) is 17.9 Å². The van der Waals surface area contributed by atoms with Crippen molar-refractivity contribution < 1.29 is 0 Å². The topological polar surface area (TPSA) is 4.93 Å². The number of hydrogen-bond acceptors (Lipinski definition) is 0. The van der Waals surface area contributed by atoms with Gasteiger partial charge in [0.2, 0.25) is 0 Å². The predicted molar refractivity (Wildman–Crippen MR) is 68.1 cm³/mol. The Morgan fingerprint density at radius 2 is 1.56 bits per heavy atom. The predicted octanol–water partition coefficient (Wildman–Crippen LogP) is 3.83. The highest BCUT2D eigenvalue weighted by Crippen LogP contribution is 2.36. The molecule has 0 saturated heterocycles. The Labute approximate surface area is 98.9 Å². The van der Waals surface area contributed by atoms with E-state index < -0.39 is 0 Å². The van der Waals surface area contributed by atoms with E-state index in [2.05, 4.69) is 18.4 Å². The zero-order valence-electron chi connectivity index (χ0n) is 10.7. The lowest BCUT2D eigenvalue weighted by Gasteiger charge is -2.20. The fourth-order valence-electron chi connectivity index (χ4n) is 3.74. The first-order chi connectivity index (χ1) is 7.79. The van der Waals surface area contributed by atoms with Crippen molar-refractivity contribution in [2.75, 3.05) is 0 Å². The molecule has 16 heavy (non-hydrogen) atoms. The number of nitrogens with zero attached hydrogens (tertiary/aromatic N) is 1. The van der Waals surface area contributed by atoms with Gasteiger partial charge in [-0.1, -0.05) is 13.8 Å². The summed E-state index contributed by atoms with van der Waals surface area (Å²) in [5, 5.41) is 0. The highest BCUT2D eigenvalue weighted by atomic mass is 15.0. The van der Waals surface area contributed by atoms with Gasteiger partial charge in [0.15, 0.2) is 0 Å². The lowest BCUT2D eigenvalue weighted by atomic mass is 9.89. The van der Waals surface area contributed by atoms with E-state index in [1.807, 2.05) is 0 Å². The van der Waals surface area contributed by atoms with Gasteiger partial charge in [0.05, 0.1) is 0 Å². The summed E-state index contributed by atoms with van der Waals surface area (Å²) in [6, 6.07) is 0. The van der Waals surface area contributed by atoms with Crippen molar-refractivity contribution in [2.45, 2.75) is 71.3 Å². The van der Waals surface area contributed by atoms with Crippen LogP contribution in [-0.2, 0) is 25.8 Å². The fraction of sp³-hybridized carbons (Fsp3) is 0.733. The number of rotatable bonds is 1. The smallest absolute Gasteiger partial charge is 0.0238 e. The molecule has 2 aliphatic rings. The van der Waals surface area contributed by atoms with Crippen LogP contribution < -0.4 is 0 Å². The van der Waals surface area contributed by atoms with Crippen molar-refractivity contribution in [3.05, 3.63) is 22.5 Å². The van der Waals surface area contributed by atoms with Crippen molar-refractivity contribution in [2.24, 2.45) is 0 Å². The number of aromatic nitrogens is 1. The molecule has 0 unspecified atom stereocenters. The van der Waals surface area contributed by atoms with Gasteiger partial charge in [-0.3, -0.25) is 0 Å². The third kappa shape index (κ3) is 1.44. The largest absolute Gasteiger partial charge is 0.348 e. The van der Waals surface area contributed by atoms with Crippen LogP contribution in [0, 0.1) is 0 Å². The van der Waals surface area contributed by atoms with Crippen LogP contribution >= 0.6 is 0 Å². The molecule has 0 N–H and O–H groups in total. The molecule has 0 saturated carbocycles. The minimum absolute atomic E-state index is 0.707. The van der Waals surface area contributed by atoms with Crippen LogP contribution in [0.4, 0.5) is 0 Å². The molecule has 0 fully saturated rings. The Hall–Kier alpha value is -0.720. The molecule has 0 amide bonds. The Bertz CT molecular complexity index is 365. The summed E-state index contributed by atoms with van der Waals surface area (Å²) < 4.78 is 2.68. The van der Waals surface area contributed by atoms with Gasteiger partial charge in [-0.05, 0) is 62.0 Å². The van der Waals surface area contributed by atoms with Crippen LogP contribution in [0.15, 0.2) is 0 Å². The van der Waals surface area contributed by atoms with Crippen LogP contribution in [0.2, 0.25) is 0 Å². The van der Waals surface area contributed by atoms with E-state index in [0.29, 0.717) is 5.92 Å². The SMILES string of the molecule is CC(C)c1c2c(c3n1CCCC3)CCCC2. The van der Waals surface area contributed by atoms with Crippen LogP contribution in [0.1, 0.15) is 68.0 Å². The van der Waals surface area contributed by atoms with E-state index in [1.54, 1.807) is 22.5 Å². The maximum atomic E-state index is 2.68. The van der Waals surface area contributed by atoms with Crippen LogP contribution in [0.3, 0.4) is 0 Å². The standard InChI is InChI=1S/C15H23N/c1-11(2)15-13-8-4-3-7-12(13)14-9-5-6-10-16(14)15/h11H,3-10H2,1-2H3. The van der Waals surface area contributed by atoms with Crippen molar-refractivity contribution in [1.29, 1.82) is 0 Å². The number of fused-ring (bicyclic) bond motifs is 3. The van der Waals surface area contributed by atoms with E-state index >= 15 is 0 Å². The number of hydrogen-bond donors (Lipinski definition) is 0. The molecule has 1 nitrogen and oxygen atoms in total. The second kappa shape index (κ2) is 3.94. The molecule has 0 atom stereocenters. The minimum Gasteiger partial charge on any atom is -0.348 e. The first kappa shape index (κ1) is 10.4. The first-order valence-electron chi connectivity index (χ1n) is 7.02. The third-order valence-corrected chi connectivity index (χ3v) is 4.33. The summed E-state index contributed by atoms with van der Waals surface area (Å²) in [7, 11) is 0. The maximum absolute atomic E-state index is 2.68. The second-order valence-electron chi connectivity index (χ2n) is 5.76. The van der Waals surface area contributed by atoms with Crippen molar-refractivity contribution in [3.8, 4) is 0 Å². The van der Waals surface area contributed by atoms with Gasteiger partial charge < -0.3 is 4.57 Å². The van der Waals surface area contributed by atoms with Crippen molar-refractivity contribution in [3.63, 3.8) is 0 Å². The summed E-state index contributed by atoms with van der Waals surface area (Å²) in [6.45, 7) is 6.02. The molecule has 1 aromatic heterocycles. The molecule has 88 valence electrons. The van der Waals surface area contributed by atoms with Crippen molar-refractivity contribution >= 4 is 0 Å². The molecule has 0 aromatic carbocycles. The second-order valence-corrected chi connectivity index (χ2v) is 5.76.